The fraction of sp³-hybridized carbons (Fsp3) is 0.391. The molecular formula is C46H45Cl2F12SiZr. The Morgan fingerprint density at radius 3 is 1.05 bits per heavy atom. The van der Waals surface area contributed by atoms with Gasteiger partial charge in [0.15, 0.2) is 0 Å². The quantitative estimate of drug-likeness (QED) is 0.116. The van der Waals surface area contributed by atoms with Crippen molar-refractivity contribution in [1.29, 1.82) is 0 Å². The van der Waals surface area contributed by atoms with Crippen LogP contribution >= 0.6 is 17.0 Å². The van der Waals surface area contributed by atoms with Crippen molar-refractivity contribution in [3.63, 3.8) is 0 Å². The summed E-state index contributed by atoms with van der Waals surface area (Å²) >= 11 is -5.83. The Labute approximate surface area is 362 Å². The molecular weight excluding hydrogens is 971 g/mol. The zero-order valence-corrected chi connectivity index (χ0v) is 40.1. The fourth-order valence-corrected chi connectivity index (χ4v) is 41.0. The molecule has 16 heteroatoms. The molecule has 0 fully saturated rings. The van der Waals surface area contributed by atoms with E-state index in [0.29, 0.717) is 70.5 Å². The number of halogens is 14. The van der Waals surface area contributed by atoms with Crippen LogP contribution < -0.4 is 0 Å². The summed E-state index contributed by atoms with van der Waals surface area (Å²) in [6.07, 6.45) is -15.9. The van der Waals surface area contributed by atoms with E-state index in [1.54, 1.807) is 38.1 Å². The van der Waals surface area contributed by atoms with E-state index in [1.165, 1.54) is 0 Å². The van der Waals surface area contributed by atoms with E-state index < -0.39 is 75.7 Å². The van der Waals surface area contributed by atoms with Crippen molar-refractivity contribution < 1.29 is 68.2 Å². The molecule has 0 spiro atoms. The van der Waals surface area contributed by atoms with Crippen molar-refractivity contribution in [2.45, 2.75) is 99.4 Å². The standard InChI is InChI=1S/2C22H19F6.C2H7Si.2ClH.Zr/c2*1-12(2)6-14-7-15-5-4-13(3)20(19(15)8-14)16-9-17(21(23,24)25)11-18(10-16)22(26,27)28;1-3-2;;;/h2*4-5,7-12H,6H2,1-3H3;3H,1-2H3;2*1H;/q;;;;;+2/p-2. The Hall–Kier alpha value is -2.80. The second kappa shape index (κ2) is 16.3. The first-order valence-electron chi connectivity index (χ1n) is 20.1. The van der Waals surface area contributed by atoms with Crippen molar-refractivity contribution in [3.05, 3.63) is 127 Å². The molecule has 0 aromatic heterocycles. The third kappa shape index (κ3) is 8.81. The third-order valence-electron chi connectivity index (χ3n) is 12.2. The molecule has 62 heavy (non-hydrogen) atoms. The Morgan fingerprint density at radius 1 is 0.516 bits per heavy atom. The molecule has 2 unspecified atom stereocenters. The van der Waals surface area contributed by atoms with Crippen molar-refractivity contribution in [3.8, 4) is 22.3 Å². The number of hydrogen-bond donors (Lipinski definition) is 0. The molecule has 2 aliphatic rings. The van der Waals surface area contributed by atoms with E-state index in [-0.39, 0.29) is 46.2 Å². The van der Waals surface area contributed by atoms with Gasteiger partial charge in [0.25, 0.3) is 0 Å². The maximum atomic E-state index is 14.2. The van der Waals surface area contributed by atoms with E-state index >= 15 is 0 Å². The average Bonchev–Trinajstić information content (AvgIpc) is 3.67. The Kier molecular flexibility index (Phi) is 12.8. The Balaban J connectivity index is 1.68. The predicted molar refractivity (Wildman–Crippen MR) is 224 cm³/mol. The molecule has 0 saturated heterocycles. The molecule has 0 saturated carbocycles. The van der Waals surface area contributed by atoms with Gasteiger partial charge in [0, 0.05) is 0 Å². The van der Waals surface area contributed by atoms with E-state index in [9.17, 15) is 52.7 Å². The second-order valence-electron chi connectivity index (χ2n) is 18.0. The predicted octanol–water partition coefficient (Wildman–Crippen LogP) is 17.4. The number of fused-ring (bicyclic) bond motifs is 2. The average molecular weight is 1020 g/mol. The van der Waals surface area contributed by atoms with Crippen LogP contribution in [0.4, 0.5) is 52.7 Å². The van der Waals surface area contributed by atoms with Gasteiger partial charge in [-0.15, -0.1) is 0 Å². The normalized spacial score (nSPS) is 18.0. The van der Waals surface area contributed by atoms with Gasteiger partial charge in [0.2, 0.25) is 0 Å². The van der Waals surface area contributed by atoms with Gasteiger partial charge in [-0.05, 0) is 0 Å². The zero-order valence-electron chi connectivity index (χ0n) is 35.0. The molecule has 2 atom stereocenters. The van der Waals surface area contributed by atoms with Gasteiger partial charge in [-0.3, -0.25) is 0 Å². The van der Waals surface area contributed by atoms with Crippen molar-refractivity contribution >= 4 is 35.1 Å². The minimum absolute atomic E-state index is 0.00577. The minimum atomic E-state index is -5.83. The maximum absolute atomic E-state index is 14.2. The van der Waals surface area contributed by atoms with Crippen LogP contribution in [0.3, 0.4) is 0 Å². The molecule has 0 amide bonds. The zero-order chi connectivity index (χ0) is 46.5. The first-order valence-corrected chi connectivity index (χ1v) is 36.4. The van der Waals surface area contributed by atoms with Gasteiger partial charge in [0.05, 0.1) is 0 Å². The summed E-state index contributed by atoms with van der Waals surface area (Å²) in [5.41, 5.74) is -1.71. The van der Waals surface area contributed by atoms with E-state index in [2.05, 4.69) is 0 Å². The number of allylic oxidation sites excluding steroid dienone is 2. The van der Waals surface area contributed by atoms with Crippen LogP contribution in [0.5, 0.6) is 0 Å². The van der Waals surface area contributed by atoms with Crippen LogP contribution in [0.2, 0.25) is 13.1 Å². The molecule has 0 radical (unpaired) electrons. The van der Waals surface area contributed by atoms with Gasteiger partial charge >= 0.3 is 364 Å². The number of aryl methyl sites for hydroxylation is 2. The first-order chi connectivity index (χ1) is 28.2. The van der Waals surface area contributed by atoms with E-state index in [4.69, 9.17) is 17.0 Å². The third-order valence-corrected chi connectivity index (χ3v) is 64.1. The molecule has 0 bridgehead atoms. The van der Waals surface area contributed by atoms with Gasteiger partial charge in [-0.2, -0.15) is 0 Å². The van der Waals surface area contributed by atoms with Crippen LogP contribution in [0, 0.1) is 25.7 Å². The molecule has 335 valence electrons. The van der Waals surface area contributed by atoms with Crippen LogP contribution in [-0.4, -0.2) is 5.92 Å². The molecule has 4 aromatic rings. The van der Waals surface area contributed by atoms with Crippen molar-refractivity contribution in [2.24, 2.45) is 11.8 Å². The van der Waals surface area contributed by atoms with Crippen LogP contribution in [0.1, 0.15) is 103 Å². The second-order valence-corrected chi connectivity index (χ2v) is 60.5. The summed E-state index contributed by atoms with van der Waals surface area (Å²) < 4.78 is 169. The summed E-state index contributed by atoms with van der Waals surface area (Å²) in [5.74, 6) is -2.38. The van der Waals surface area contributed by atoms with Crippen LogP contribution in [0.15, 0.2) is 71.8 Å². The summed E-state index contributed by atoms with van der Waals surface area (Å²) in [6.45, 7) is 15.1. The van der Waals surface area contributed by atoms with E-state index in [0.717, 1.165) is 11.1 Å². The molecule has 0 nitrogen and oxygen atoms in total. The summed E-state index contributed by atoms with van der Waals surface area (Å²) in [4.78, 5) is 0. The molecule has 2 aliphatic carbocycles. The van der Waals surface area contributed by atoms with Crippen LogP contribution in [0.25, 0.3) is 34.4 Å². The number of hydrogen-bond acceptors (Lipinski definition) is 0. The molecule has 0 aliphatic heterocycles. The van der Waals surface area contributed by atoms with Crippen molar-refractivity contribution in [1.82, 2.24) is 0 Å². The topological polar surface area (TPSA) is 0 Å². The van der Waals surface area contributed by atoms with E-state index in [1.807, 2.05) is 52.9 Å². The number of alkyl halides is 12. The summed E-state index contributed by atoms with van der Waals surface area (Å²) in [7, 11) is 17.1. The first kappa shape index (κ1) is 48.7. The molecule has 0 heterocycles. The monoisotopic (exact) mass is 1010 g/mol. The van der Waals surface area contributed by atoms with Gasteiger partial charge in [-0.25, -0.2) is 0 Å². The molecule has 6 rings (SSSR count). The fourth-order valence-electron chi connectivity index (χ4n) is 9.64. The molecule has 0 N–H and O–H groups in total. The van der Waals surface area contributed by atoms with Gasteiger partial charge < -0.3 is 0 Å². The van der Waals surface area contributed by atoms with Gasteiger partial charge in [0.1, 0.15) is 0 Å². The van der Waals surface area contributed by atoms with Gasteiger partial charge in [-0.1, -0.05) is 0 Å². The van der Waals surface area contributed by atoms with Crippen molar-refractivity contribution in [2.75, 3.05) is 0 Å². The van der Waals surface area contributed by atoms with Crippen LogP contribution in [-0.2, 0) is 40.3 Å². The number of rotatable bonds is 9. The summed E-state index contributed by atoms with van der Waals surface area (Å²) in [5, 5.41) is 0. The Morgan fingerprint density at radius 2 is 0.806 bits per heavy atom. The molecule has 4 aromatic carbocycles. The Bertz CT molecular complexity index is 2260. The SMILES string of the molecule is Cc1ccc2c(c1-c1cc(C(F)(F)F)cc(C(F)(F)F)c1)C=C(CC(C)C)[CH]2[Zr]([Cl])([Cl])([CH]1C(CC(C)C)=Cc2c1ccc(C)c2-c1cc(C(F)(F)F)cc(C(F)(F)F)c1)[SiH](C)C. The summed E-state index contributed by atoms with van der Waals surface area (Å²) in [6, 6.07) is 9.90. The number of benzene rings is 4.